The smallest absolute Gasteiger partial charge is 0.326 e. The number of pyridine rings is 1. The Morgan fingerprint density at radius 1 is 1.03 bits per heavy atom. The second-order valence-corrected chi connectivity index (χ2v) is 9.72. The molecule has 0 unspecified atom stereocenters. The highest BCUT2D eigenvalue weighted by Crippen LogP contribution is 2.52. The lowest BCUT2D eigenvalue weighted by molar-refractivity contribution is -0.140. The molecule has 10 heteroatoms. The van der Waals surface area contributed by atoms with Gasteiger partial charge in [0, 0.05) is 30.2 Å². The van der Waals surface area contributed by atoms with Gasteiger partial charge in [-0.05, 0) is 30.5 Å². The van der Waals surface area contributed by atoms with Crippen molar-refractivity contribution in [2.75, 3.05) is 5.32 Å². The Hall–Kier alpha value is -2.61. The molecule has 1 aromatic carbocycles. The highest BCUT2D eigenvalue weighted by Gasteiger charge is 2.54. The first-order valence-corrected chi connectivity index (χ1v) is 12.0. The lowest BCUT2D eigenvalue weighted by Crippen LogP contribution is -2.53. The first kappa shape index (κ1) is 24.5. The molecule has 1 atom stereocenters. The number of aliphatic carboxylic acids is 1. The van der Waals surface area contributed by atoms with E-state index in [1.165, 1.54) is 12.4 Å². The molecule has 2 aliphatic rings. The van der Waals surface area contributed by atoms with Crippen molar-refractivity contribution in [1.82, 2.24) is 10.3 Å². The molecule has 1 amide bonds. The zero-order chi connectivity index (χ0) is 24.5. The Balaban J connectivity index is 1.45. The topological polar surface area (TPSA) is 108 Å². The lowest BCUT2D eigenvalue weighted by Gasteiger charge is -2.45. The summed E-state index contributed by atoms with van der Waals surface area (Å²) < 4.78 is 0. The fraction of sp³-hybridized carbons (Fsp3) is 0.333. The number of halogens is 3. The number of aromatic nitrogens is 1. The fourth-order valence-corrected chi connectivity index (χ4v) is 5.53. The van der Waals surface area contributed by atoms with Crippen molar-refractivity contribution in [3.63, 3.8) is 0 Å². The molecule has 0 saturated heterocycles. The van der Waals surface area contributed by atoms with Crippen molar-refractivity contribution in [2.24, 2.45) is 5.41 Å². The molecule has 0 bridgehead atoms. The third-order valence-corrected chi connectivity index (χ3v) is 7.32. The average Bonchev–Trinajstić information content (AvgIpc) is 2.82. The monoisotopic (exact) mass is 521 g/mol. The van der Waals surface area contributed by atoms with E-state index >= 15 is 0 Å². The molecule has 0 radical (unpaired) electrons. The molecular weight excluding hydrogens is 501 g/mol. The van der Waals surface area contributed by atoms with Gasteiger partial charge in [-0.2, -0.15) is 0 Å². The molecule has 1 spiro atoms. The number of carboxylic acid groups (broad SMARTS) is 1. The summed E-state index contributed by atoms with van der Waals surface area (Å²) in [5.41, 5.74) is 1.25. The molecule has 34 heavy (non-hydrogen) atoms. The Labute approximate surface area is 211 Å². The van der Waals surface area contributed by atoms with Gasteiger partial charge in [0.05, 0.1) is 21.0 Å². The molecule has 1 heterocycles. The molecule has 2 aliphatic carbocycles. The summed E-state index contributed by atoms with van der Waals surface area (Å²) in [6.45, 7) is 0. The van der Waals surface area contributed by atoms with Crippen molar-refractivity contribution in [2.45, 2.75) is 44.6 Å². The summed E-state index contributed by atoms with van der Waals surface area (Å²) in [4.78, 5) is 40.8. The number of anilines is 1. The number of carboxylic acids is 1. The zero-order valence-electron chi connectivity index (χ0n) is 18.0. The van der Waals surface area contributed by atoms with Crippen LogP contribution in [0.1, 0.15) is 48.0 Å². The first-order valence-electron chi connectivity index (χ1n) is 10.9. The van der Waals surface area contributed by atoms with E-state index in [0.717, 1.165) is 24.8 Å². The minimum absolute atomic E-state index is 0.0880. The maximum Gasteiger partial charge on any atom is 0.326 e. The van der Waals surface area contributed by atoms with E-state index in [2.05, 4.69) is 15.6 Å². The zero-order valence-corrected chi connectivity index (χ0v) is 20.3. The number of nitrogens with one attached hydrogen (secondary N) is 2. The number of hydrogen-bond donors (Lipinski definition) is 3. The molecule has 178 valence electrons. The van der Waals surface area contributed by atoms with Crippen LogP contribution in [0.4, 0.5) is 5.69 Å². The predicted octanol–water partition coefficient (Wildman–Crippen LogP) is 5.21. The van der Waals surface area contributed by atoms with Gasteiger partial charge >= 0.3 is 5.97 Å². The molecule has 1 fully saturated rings. The van der Waals surface area contributed by atoms with Gasteiger partial charge in [0.15, 0.2) is 5.78 Å². The number of nitrogens with zero attached hydrogens (tertiary/aromatic N) is 1. The van der Waals surface area contributed by atoms with Crippen LogP contribution in [-0.4, -0.2) is 33.8 Å². The molecule has 4 rings (SSSR count). The summed E-state index contributed by atoms with van der Waals surface area (Å²) >= 11 is 18.3. The quantitative estimate of drug-likeness (QED) is 0.461. The average molecular weight is 523 g/mol. The number of benzene rings is 1. The number of rotatable bonds is 7. The van der Waals surface area contributed by atoms with Crippen LogP contribution in [0.2, 0.25) is 10.0 Å². The Kier molecular flexibility index (Phi) is 7.17. The SMILES string of the molecule is O=C(Nc1ccc(C[C@H](NC2=C(Cl)C(=O)C23CCCCC3)C(=O)O)cc1)c1c(Cl)cncc1Cl. The van der Waals surface area contributed by atoms with E-state index in [1.54, 1.807) is 24.3 Å². The summed E-state index contributed by atoms with van der Waals surface area (Å²) in [5, 5.41) is 15.9. The van der Waals surface area contributed by atoms with E-state index in [4.69, 9.17) is 34.8 Å². The Morgan fingerprint density at radius 3 is 2.24 bits per heavy atom. The number of carbonyl (C=O) groups is 3. The van der Waals surface area contributed by atoms with Crippen LogP contribution in [0.5, 0.6) is 0 Å². The van der Waals surface area contributed by atoms with Crippen LogP contribution in [0, 0.1) is 5.41 Å². The van der Waals surface area contributed by atoms with Gasteiger partial charge < -0.3 is 15.7 Å². The van der Waals surface area contributed by atoms with Crippen LogP contribution in [-0.2, 0) is 16.0 Å². The summed E-state index contributed by atoms with van der Waals surface area (Å²) in [6.07, 6.45) is 7.12. The Morgan fingerprint density at radius 2 is 1.65 bits per heavy atom. The van der Waals surface area contributed by atoms with Gasteiger partial charge in [-0.15, -0.1) is 0 Å². The van der Waals surface area contributed by atoms with Crippen molar-refractivity contribution in [3.05, 3.63) is 68.6 Å². The lowest BCUT2D eigenvalue weighted by atomic mass is 9.62. The second-order valence-electron chi connectivity index (χ2n) is 8.53. The van der Waals surface area contributed by atoms with Crippen LogP contribution < -0.4 is 10.6 Å². The van der Waals surface area contributed by atoms with Crippen LogP contribution in [0.25, 0.3) is 0 Å². The fourth-order valence-electron chi connectivity index (χ4n) is 4.57. The van der Waals surface area contributed by atoms with Crippen molar-refractivity contribution in [1.29, 1.82) is 0 Å². The van der Waals surface area contributed by atoms with Gasteiger partial charge in [0.25, 0.3) is 5.91 Å². The molecule has 3 N–H and O–H groups in total. The van der Waals surface area contributed by atoms with Gasteiger partial charge in [-0.1, -0.05) is 66.2 Å². The van der Waals surface area contributed by atoms with Crippen LogP contribution in [0.15, 0.2) is 47.4 Å². The molecular formula is C24H22Cl3N3O4. The van der Waals surface area contributed by atoms with Gasteiger partial charge in [-0.3, -0.25) is 14.6 Å². The third kappa shape index (κ3) is 4.65. The minimum atomic E-state index is -1.04. The number of amides is 1. The number of Topliss-reactive ketones (excluding diaryl/α,β-unsaturated/α-hetero) is 1. The molecule has 0 aliphatic heterocycles. The van der Waals surface area contributed by atoms with Crippen molar-refractivity contribution < 1.29 is 19.5 Å². The maximum atomic E-state index is 12.5. The maximum absolute atomic E-state index is 12.5. The second kappa shape index (κ2) is 9.94. The highest BCUT2D eigenvalue weighted by molar-refractivity contribution is 6.47. The van der Waals surface area contributed by atoms with Crippen LogP contribution in [0.3, 0.4) is 0 Å². The van der Waals surface area contributed by atoms with Gasteiger partial charge in [0.1, 0.15) is 11.1 Å². The Bertz CT molecular complexity index is 1150. The van der Waals surface area contributed by atoms with E-state index < -0.39 is 23.3 Å². The molecule has 1 saturated carbocycles. The molecule has 7 nitrogen and oxygen atoms in total. The summed E-state index contributed by atoms with van der Waals surface area (Å²) in [7, 11) is 0. The molecule has 1 aromatic heterocycles. The number of ketones is 1. The third-order valence-electron chi connectivity index (χ3n) is 6.39. The number of hydrogen-bond acceptors (Lipinski definition) is 5. The van der Waals surface area contributed by atoms with Crippen LogP contribution >= 0.6 is 34.8 Å². The highest BCUT2D eigenvalue weighted by atomic mass is 35.5. The van der Waals surface area contributed by atoms with Gasteiger partial charge in [0.2, 0.25) is 0 Å². The molecule has 2 aromatic rings. The van der Waals surface area contributed by atoms with Crippen molar-refractivity contribution in [3.8, 4) is 0 Å². The van der Waals surface area contributed by atoms with Crippen molar-refractivity contribution >= 4 is 58.1 Å². The van der Waals surface area contributed by atoms with E-state index in [-0.39, 0.29) is 32.8 Å². The summed E-state index contributed by atoms with van der Waals surface area (Å²) in [6, 6.07) is 5.82. The summed E-state index contributed by atoms with van der Waals surface area (Å²) in [5.74, 6) is -1.61. The largest absolute Gasteiger partial charge is 0.480 e. The van der Waals surface area contributed by atoms with E-state index in [1.807, 2.05) is 0 Å². The standard InChI is InChI=1S/C24H22Cl3N3O4/c25-15-11-28-12-16(26)18(15)22(32)29-14-6-4-13(5-7-14)10-17(23(33)34)30-20-19(27)21(31)24(20)8-2-1-3-9-24/h4-7,11-12,17,30H,1-3,8-10H2,(H,29,32)(H,33,34)/t17-/m0/s1. The minimum Gasteiger partial charge on any atom is -0.480 e. The van der Waals surface area contributed by atoms with E-state index in [9.17, 15) is 19.5 Å². The normalized spacial score (nSPS) is 17.8. The first-order chi connectivity index (χ1) is 16.2. The van der Waals surface area contributed by atoms with E-state index in [0.29, 0.717) is 24.2 Å². The number of carbonyl (C=O) groups excluding carboxylic acids is 2. The number of allylic oxidation sites excluding steroid dienone is 2. The predicted molar refractivity (Wildman–Crippen MR) is 130 cm³/mol. The van der Waals surface area contributed by atoms with Gasteiger partial charge in [-0.25, -0.2) is 4.79 Å².